The van der Waals surface area contributed by atoms with Crippen molar-refractivity contribution >= 4 is 5.97 Å². The van der Waals surface area contributed by atoms with E-state index in [1.54, 1.807) is 13.0 Å². The highest BCUT2D eigenvalue weighted by molar-refractivity contribution is 5.77. The fourth-order valence-corrected chi connectivity index (χ4v) is 1.80. The van der Waals surface area contributed by atoms with E-state index >= 15 is 0 Å². The van der Waals surface area contributed by atoms with Gasteiger partial charge in [0.2, 0.25) is 0 Å². The molecule has 0 saturated carbocycles. The number of rotatable bonds is 5. The molecule has 0 saturated heterocycles. The second-order valence-electron chi connectivity index (χ2n) is 3.91. The average Bonchev–Trinajstić information content (AvgIpc) is 2.91. The summed E-state index contributed by atoms with van der Waals surface area (Å²) in [6, 6.07) is 11.5. The summed E-state index contributed by atoms with van der Waals surface area (Å²) < 4.78 is 10.2. The Kier molecular flexibility index (Phi) is 4.12. The summed E-state index contributed by atoms with van der Waals surface area (Å²) >= 11 is 0. The molecule has 18 heavy (non-hydrogen) atoms. The van der Waals surface area contributed by atoms with Gasteiger partial charge >= 0.3 is 5.97 Å². The quantitative estimate of drug-likeness (QED) is 0.760. The molecule has 4 nitrogen and oxygen atoms in total. The van der Waals surface area contributed by atoms with Gasteiger partial charge in [0.05, 0.1) is 12.8 Å². The van der Waals surface area contributed by atoms with Crippen molar-refractivity contribution in [3.63, 3.8) is 0 Å². The molecule has 1 heterocycles. The van der Waals surface area contributed by atoms with Crippen molar-refractivity contribution in [1.29, 1.82) is 0 Å². The van der Waals surface area contributed by atoms with Crippen LogP contribution >= 0.6 is 0 Å². The van der Waals surface area contributed by atoms with Crippen LogP contribution in [0.3, 0.4) is 0 Å². The SMILES string of the molecule is CCOC(=O)[C@@H](Cc1ccccc1)c1ccno1. The zero-order chi connectivity index (χ0) is 12.8. The van der Waals surface area contributed by atoms with Gasteiger partial charge in [0.15, 0.2) is 5.76 Å². The first-order chi connectivity index (χ1) is 8.81. The summed E-state index contributed by atoms with van der Waals surface area (Å²) in [5.41, 5.74) is 1.06. The van der Waals surface area contributed by atoms with Crippen molar-refractivity contribution in [3.05, 3.63) is 53.9 Å². The number of aromatic nitrogens is 1. The van der Waals surface area contributed by atoms with Gasteiger partial charge in [-0.1, -0.05) is 35.5 Å². The Morgan fingerprint density at radius 3 is 2.72 bits per heavy atom. The topological polar surface area (TPSA) is 52.3 Å². The van der Waals surface area contributed by atoms with E-state index in [2.05, 4.69) is 5.16 Å². The zero-order valence-electron chi connectivity index (χ0n) is 10.2. The van der Waals surface area contributed by atoms with E-state index in [-0.39, 0.29) is 5.97 Å². The number of carbonyl (C=O) groups excluding carboxylic acids is 1. The van der Waals surface area contributed by atoms with E-state index in [1.807, 2.05) is 30.3 Å². The van der Waals surface area contributed by atoms with Gasteiger partial charge in [-0.3, -0.25) is 4.79 Å². The minimum Gasteiger partial charge on any atom is -0.465 e. The molecule has 0 radical (unpaired) electrons. The van der Waals surface area contributed by atoms with E-state index in [0.29, 0.717) is 18.8 Å². The first kappa shape index (κ1) is 12.4. The van der Waals surface area contributed by atoms with Gasteiger partial charge in [-0.2, -0.15) is 0 Å². The Morgan fingerprint density at radius 1 is 1.33 bits per heavy atom. The van der Waals surface area contributed by atoms with Crippen molar-refractivity contribution < 1.29 is 14.1 Å². The van der Waals surface area contributed by atoms with Crippen molar-refractivity contribution in [3.8, 4) is 0 Å². The van der Waals surface area contributed by atoms with Gasteiger partial charge in [0.1, 0.15) is 5.92 Å². The Bertz CT molecular complexity index is 479. The molecular formula is C14H15NO3. The molecule has 0 amide bonds. The summed E-state index contributed by atoms with van der Waals surface area (Å²) in [5, 5.41) is 3.64. The minimum atomic E-state index is -0.435. The highest BCUT2D eigenvalue weighted by atomic mass is 16.5. The molecule has 94 valence electrons. The summed E-state index contributed by atoms with van der Waals surface area (Å²) in [6.45, 7) is 2.15. The van der Waals surface area contributed by atoms with Crippen molar-refractivity contribution in [1.82, 2.24) is 5.16 Å². The third-order valence-electron chi connectivity index (χ3n) is 2.65. The number of esters is 1. The van der Waals surface area contributed by atoms with Gasteiger partial charge in [-0.05, 0) is 18.9 Å². The number of carbonyl (C=O) groups is 1. The Hall–Kier alpha value is -2.10. The summed E-state index contributed by atoms with van der Waals surface area (Å²) in [6.07, 6.45) is 2.08. The molecule has 2 aromatic rings. The first-order valence-corrected chi connectivity index (χ1v) is 5.92. The maximum absolute atomic E-state index is 11.9. The predicted octanol–water partition coefficient (Wildman–Crippen LogP) is 2.56. The van der Waals surface area contributed by atoms with E-state index in [9.17, 15) is 4.79 Å². The molecule has 0 aliphatic heterocycles. The molecule has 0 bridgehead atoms. The third kappa shape index (κ3) is 2.97. The molecule has 0 fully saturated rings. The standard InChI is InChI=1S/C14H15NO3/c1-2-17-14(16)12(13-8-9-15-18-13)10-11-6-4-3-5-7-11/h3-9,12H,2,10H2,1H3/t12-/m0/s1. The van der Waals surface area contributed by atoms with Crippen LogP contribution in [0.15, 0.2) is 47.1 Å². The lowest BCUT2D eigenvalue weighted by Gasteiger charge is -2.12. The number of nitrogens with zero attached hydrogens (tertiary/aromatic N) is 1. The van der Waals surface area contributed by atoms with Crippen LogP contribution < -0.4 is 0 Å². The van der Waals surface area contributed by atoms with E-state index in [4.69, 9.17) is 9.26 Å². The number of benzene rings is 1. The van der Waals surface area contributed by atoms with Crippen LogP contribution in [0.25, 0.3) is 0 Å². The van der Waals surface area contributed by atoms with Crippen LogP contribution in [0.4, 0.5) is 0 Å². The summed E-state index contributed by atoms with van der Waals surface area (Å²) in [5.74, 6) is -0.176. The smallest absolute Gasteiger partial charge is 0.317 e. The van der Waals surface area contributed by atoms with Gasteiger partial charge < -0.3 is 9.26 Å². The van der Waals surface area contributed by atoms with Gasteiger partial charge in [0, 0.05) is 6.07 Å². The van der Waals surface area contributed by atoms with E-state index in [0.717, 1.165) is 5.56 Å². The molecule has 0 N–H and O–H groups in total. The Morgan fingerprint density at radius 2 is 2.11 bits per heavy atom. The normalized spacial score (nSPS) is 12.1. The van der Waals surface area contributed by atoms with E-state index in [1.165, 1.54) is 6.20 Å². The minimum absolute atomic E-state index is 0.280. The predicted molar refractivity (Wildman–Crippen MR) is 66.0 cm³/mol. The fraction of sp³-hybridized carbons (Fsp3) is 0.286. The summed E-state index contributed by atoms with van der Waals surface area (Å²) in [4.78, 5) is 11.9. The summed E-state index contributed by atoms with van der Waals surface area (Å²) in [7, 11) is 0. The van der Waals surface area contributed by atoms with Gasteiger partial charge in [-0.25, -0.2) is 0 Å². The lowest BCUT2D eigenvalue weighted by Crippen LogP contribution is -2.17. The molecule has 1 atom stereocenters. The highest BCUT2D eigenvalue weighted by Gasteiger charge is 2.25. The Labute approximate surface area is 106 Å². The lowest BCUT2D eigenvalue weighted by atomic mass is 9.97. The van der Waals surface area contributed by atoms with Crippen LogP contribution in [-0.4, -0.2) is 17.7 Å². The maximum atomic E-state index is 11.9. The largest absolute Gasteiger partial charge is 0.465 e. The van der Waals surface area contributed by atoms with Crippen LogP contribution in [0, 0.1) is 0 Å². The van der Waals surface area contributed by atoms with Gasteiger partial charge in [0.25, 0.3) is 0 Å². The van der Waals surface area contributed by atoms with Crippen LogP contribution in [0.5, 0.6) is 0 Å². The lowest BCUT2D eigenvalue weighted by molar-refractivity contribution is -0.145. The molecule has 1 aromatic heterocycles. The maximum Gasteiger partial charge on any atom is 0.317 e. The first-order valence-electron chi connectivity index (χ1n) is 5.92. The molecule has 0 aliphatic rings. The van der Waals surface area contributed by atoms with Crippen LogP contribution in [0.1, 0.15) is 24.2 Å². The van der Waals surface area contributed by atoms with Crippen LogP contribution in [-0.2, 0) is 16.0 Å². The van der Waals surface area contributed by atoms with Gasteiger partial charge in [-0.15, -0.1) is 0 Å². The molecule has 2 rings (SSSR count). The highest BCUT2D eigenvalue weighted by Crippen LogP contribution is 2.22. The molecular weight excluding hydrogens is 230 g/mol. The Balaban J connectivity index is 2.18. The number of hydrogen-bond acceptors (Lipinski definition) is 4. The van der Waals surface area contributed by atoms with Crippen molar-refractivity contribution in [2.45, 2.75) is 19.3 Å². The fourth-order valence-electron chi connectivity index (χ4n) is 1.80. The third-order valence-corrected chi connectivity index (χ3v) is 2.65. The molecule has 0 aliphatic carbocycles. The molecule has 4 heteroatoms. The number of hydrogen-bond donors (Lipinski definition) is 0. The average molecular weight is 245 g/mol. The second kappa shape index (κ2) is 6.00. The van der Waals surface area contributed by atoms with Crippen molar-refractivity contribution in [2.24, 2.45) is 0 Å². The molecule has 0 spiro atoms. The van der Waals surface area contributed by atoms with Crippen molar-refractivity contribution in [2.75, 3.05) is 6.61 Å². The molecule has 0 unspecified atom stereocenters. The number of ether oxygens (including phenoxy) is 1. The molecule has 1 aromatic carbocycles. The monoisotopic (exact) mass is 245 g/mol. The van der Waals surface area contributed by atoms with Crippen LogP contribution in [0.2, 0.25) is 0 Å². The van der Waals surface area contributed by atoms with E-state index < -0.39 is 5.92 Å². The zero-order valence-corrected chi connectivity index (χ0v) is 10.2. The second-order valence-corrected chi connectivity index (χ2v) is 3.91.